The summed E-state index contributed by atoms with van der Waals surface area (Å²) < 4.78 is 0. The molecule has 3 rings (SSSR count). The van der Waals surface area contributed by atoms with Gasteiger partial charge in [-0.2, -0.15) is 0 Å². The number of anilines is 1. The van der Waals surface area contributed by atoms with Crippen LogP contribution in [0.3, 0.4) is 0 Å². The zero-order chi connectivity index (χ0) is 19.8. The summed E-state index contributed by atoms with van der Waals surface area (Å²) in [5, 5.41) is 7.63. The van der Waals surface area contributed by atoms with Crippen molar-refractivity contribution in [2.24, 2.45) is 4.99 Å². The van der Waals surface area contributed by atoms with Gasteiger partial charge in [-0.15, -0.1) is 0 Å². The number of rotatable bonds is 7. The lowest BCUT2D eigenvalue weighted by atomic mass is 10.2. The normalized spacial score (nSPS) is 17.2. The van der Waals surface area contributed by atoms with Crippen LogP contribution >= 0.6 is 11.6 Å². The lowest BCUT2D eigenvalue weighted by molar-refractivity contribution is 0.331. The molecule has 0 bridgehead atoms. The highest BCUT2D eigenvalue weighted by Gasteiger charge is 2.25. The zero-order valence-corrected chi connectivity index (χ0v) is 17.4. The molecule has 1 fully saturated rings. The van der Waals surface area contributed by atoms with Crippen molar-refractivity contribution >= 4 is 23.4 Å². The number of guanidine groups is 1. The Morgan fingerprint density at radius 2 is 2.11 bits per heavy atom. The van der Waals surface area contributed by atoms with E-state index in [0.29, 0.717) is 11.1 Å². The molecule has 0 aliphatic carbocycles. The van der Waals surface area contributed by atoms with E-state index >= 15 is 0 Å². The fourth-order valence-electron chi connectivity index (χ4n) is 3.41. The molecular weight excluding hydrogens is 372 g/mol. The fourth-order valence-corrected chi connectivity index (χ4v) is 3.65. The molecule has 0 amide bonds. The molecule has 7 heteroatoms. The van der Waals surface area contributed by atoms with Crippen LogP contribution in [0.2, 0.25) is 5.02 Å². The van der Waals surface area contributed by atoms with E-state index in [1.54, 1.807) is 6.20 Å². The minimum Gasteiger partial charge on any atom is -0.355 e. The number of aliphatic imine (C=N–C) groups is 1. The monoisotopic (exact) mass is 400 g/mol. The zero-order valence-electron chi connectivity index (χ0n) is 16.6. The largest absolute Gasteiger partial charge is 0.355 e. The van der Waals surface area contributed by atoms with Crippen LogP contribution in [-0.4, -0.2) is 62.2 Å². The van der Waals surface area contributed by atoms with E-state index in [-0.39, 0.29) is 0 Å². The number of benzene rings is 1. The van der Waals surface area contributed by atoms with Crippen molar-refractivity contribution in [1.82, 2.24) is 20.5 Å². The lowest BCUT2D eigenvalue weighted by Gasteiger charge is -2.21. The number of pyridine rings is 1. The van der Waals surface area contributed by atoms with Crippen LogP contribution in [0.4, 0.5) is 5.82 Å². The van der Waals surface area contributed by atoms with Gasteiger partial charge in [-0.1, -0.05) is 41.9 Å². The SMILES string of the molecule is CN=C(NCCN(C)Cc1ccccc1)NC1CCN(c2ncccc2Cl)C1. The van der Waals surface area contributed by atoms with Gasteiger partial charge in [-0.3, -0.25) is 4.99 Å². The van der Waals surface area contributed by atoms with Crippen LogP contribution in [0.25, 0.3) is 0 Å². The van der Waals surface area contributed by atoms with Crippen molar-refractivity contribution in [3.63, 3.8) is 0 Å². The molecule has 28 heavy (non-hydrogen) atoms. The second kappa shape index (κ2) is 10.3. The smallest absolute Gasteiger partial charge is 0.191 e. The Labute approximate surface area is 172 Å². The van der Waals surface area contributed by atoms with Crippen molar-refractivity contribution in [3.05, 3.63) is 59.2 Å². The second-order valence-corrected chi connectivity index (χ2v) is 7.51. The van der Waals surface area contributed by atoms with Crippen LogP contribution in [0, 0.1) is 0 Å². The molecule has 6 nitrogen and oxygen atoms in total. The van der Waals surface area contributed by atoms with E-state index < -0.39 is 0 Å². The van der Waals surface area contributed by atoms with Gasteiger partial charge in [0, 0.05) is 52.0 Å². The van der Waals surface area contributed by atoms with Crippen molar-refractivity contribution in [2.45, 2.75) is 19.0 Å². The van der Waals surface area contributed by atoms with Gasteiger partial charge < -0.3 is 20.4 Å². The Hall–Kier alpha value is -2.31. The van der Waals surface area contributed by atoms with Gasteiger partial charge in [0.25, 0.3) is 0 Å². The van der Waals surface area contributed by atoms with E-state index in [0.717, 1.165) is 50.9 Å². The number of hydrogen-bond donors (Lipinski definition) is 2. The molecule has 0 radical (unpaired) electrons. The number of halogens is 1. The molecule has 0 spiro atoms. The molecule has 1 atom stereocenters. The molecule has 150 valence electrons. The van der Waals surface area contributed by atoms with Crippen molar-refractivity contribution in [1.29, 1.82) is 0 Å². The topological polar surface area (TPSA) is 55.8 Å². The molecule has 1 aromatic heterocycles. The fraction of sp³-hybridized carbons (Fsp3) is 0.429. The van der Waals surface area contributed by atoms with Crippen LogP contribution in [-0.2, 0) is 6.54 Å². The first kappa shape index (κ1) is 20.4. The Balaban J connectivity index is 1.41. The van der Waals surface area contributed by atoms with E-state index in [9.17, 15) is 0 Å². The summed E-state index contributed by atoms with van der Waals surface area (Å²) in [6.45, 7) is 4.52. The van der Waals surface area contributed by atoms with Gasteiger partial charge in [-0.05, 0) is 31.2 Å². The maximum absolute atomic E-state index is 6.28. The highest BCUT2D eigenvalue weighted by Crippen LogP contribution is 2.25. The number of likely N-dealkylation sites (N-methyl/N-ethyl adjacent to an activating group) is 1. The van der Waals surface area contributed by atoms with Gasteiger partial charge in [0.2, 0.25) is 0 Å². The van der Waals surface area contributed by atoms with Crippen molar-refractivity contribution in [2.75, 3.05) is 45.2 Å². The van der Waals surface area contributed by atoms with Gasteiger partial charge in [-0.25, -0.2) is 4.98 Å². The summed E-state index contributed by atoms with van der Waals surface area (Å²) in [5.74, 6) is 1.70. The Morgan fingerprint density at radius 1 is 1.29 bits per heavy atom. The van der Waals surface area contributed by atoms with Crippen molar-refractivity contribution < 1.29 is 0 Å². The average Bonchev–Trinajstić information content (AvgIpc) is 3.16. The maximum atomic E-state index is 6.28. The van der Waals surface area contributed by atoms with Crippen LogP contribution < -0.4 is 15.5 Å². The predicted molar refractivity (Wildman–Crippen MR) is 117 cm³/mol. The molecular formula is C21H29ClN6. The minimum absolute atomic E-state index is 0.325. The highest BCUT2D eigenvalue weighted by atomic mass is 35.5. The molecule has 1 aliphatic heterocycles. The summed E-state index contributed by atoms with van der Waals surface area (Å²) in [6, 6.07) is 14.6. The summed E-state index contributed by atoms with van der Waals surface area (Å²) in [4.78, 5) is 13.3. The molecule has 2 heterocycles. The average molecular weight is 401 g/mol. The number of hydrogen-bond acceptors (Lipinski definition) is 4. The van der Waals surface area contributed by atoms with Gasteiger partial charge in [0.15, 0.2) is 5.96 Å². The van der Waals surface area contributed by atoms with Crippen LogP contribution in [0.1, 0.15) is 12.0 Å². The van der Waals surface area contributed by atoms with Crippen LogP contribution in [0.5, 0.6) is 0 Å². The number of nitrogens with zero attached hydrogens (tertiary/aromatic N) is 4. The number of aromatic nitrogens is 1. The molecule has 0 saturated carbocycles. The molecule has 1 saturated heterocycles. The van der Waals surface area contributed by atoms with E-state index in [4.69, 9.17) is 11.6 Å². The quantitative estimate of drug-likeness (QED) is 0.552. The van der Waals surface area contributed by atoms with E-state index in [1.807, 2.05) is 25.2 Å². The lowest BCUT2D eigenvalue weighted by Crippen LogP contribution is -2.46. The molecule has 1 unspecified atom stereocenters. The summed E-state index contributed by atoms with van der Waals surface area (Å²) in [6.07, 6.45) is 2.82. The third kappa shape index (κ3) is 5.84. The standard InChI is InChI=1S/C21H29ClN6/c1-23-21(25-12-14-27(2)15-17-7-4-3-5-8-17)26-18-10-13-28(16-18)20-19(22)9-6-11-24-20/h3-9,11,18H,10,12-16H2,1-2H3,(H2,23,25,26). The molecule has 1 aromatic carbocycles. The molecule has 1 aliphatic rings. The number of nitrogens with one attached hydrogen (secondary N) is 2. The maximum Gasteiger partial charge on any atom is 0.191 e. The Kier molecular flexibility index (Phi) is 7.51. The third-order valence-corrected chi connectivity index (χ3v) is 5.17. The van der Waals surface area contributed by atoms with Crippen LogP contribution in [0.15, 0.2) is 53.7 Å². The first-order valence-electron chi connectivity index (χ1n) is 9.71. The highest BCUT2D eigenvalue weighted by molar-refractivity contribution is 6.32. The first-order chi connectivity index (χ1) is 13.7. The first-order valence-corrected chi connectivity index (χ1v) is 10.1. The van der Waals surface area contributed by atoms with E-state index in [2.05, 4.69) is 61.7 Å². The van der Waals surface area contributed by atoms with Gasteiger partial charge in [0.05, 0.1) is 5.02 Å². The summed E-state index contributed by atoms with van der Waals surface area (Å²) in [7, 11) is 3.95. The molecule has 2 aromatic rings. The second-order valence-electron chi connectivity index (χ2n) is 7.11. The predicted octanol–water partition coefficient (Wildman–Crippen LogP) is 2.61. The van der Waals surface area contributed by atoms with E-state index in [1.165, 1.54) is 5.56 Å². The van der Waals surface area contributed by atoms with Gasteiger partial charge >= 0.3 is 0 Å². The Morgan fingerprint density at radius 3 is 2.86 bits per heavy atom. The van der Waals surface area contributed by atoms with Gasteiger partial charge in [0.1, 0.15) is 5.82 Å². The molecule has 2 N–H and O–H groups in total. The Bertz CT molecular complexity index is 767. The van der Waals surface area contributed by atoms with Crippen molar-refractivity contribution in [3.8, 4) is 0 Å². The third-order valence-electron chi connectivity index (χ3n) is 4.87. The summed E-state index contributed by atoms with van der Waals surface area (Å²) in [5.41, 5.74) is 1.33. The minimum atomic E-state index is 0.325. The summed E-state index contributed by atoms with van der Waals surface area (Å²) >= 11 is 6.28.